The Morgan fingerprint density at radius 1 is 0.917 bits per heavy atom. The molecule has 0 radical (unpaired) electrons. The first-order valence-electron chi connectivity index (χ1n) is 10.9. The summed E-state index contributed by atoms with van der Waals surface area (Å²) in [5.41, 5.74) is 0.614. The van der Waals surface area contributed by atoms with Crippen molar-refractivity contribution in [3.63, 3.8) is 0 Å². The third-order valence-electron chi connectivity index (χ3n) is 5.74. The van der Waals surface area contributed by atoms with Gasteiger partial charge in [-0.05, 0) is 54.4 Å². The van der Waals surface area contributed by atoms with Gasteiger partial charge in [-0.3, -0.25) is 14.7 Å². The predicted octanol–water partition coefficient (Wildman–Crippen LogP) is 7.28. The molecule has 0 unspecified atom stereocenters. The number of carbonyl (C=O) groups is 1. The van der Waals surface area contributed by atoms with Gasteiger partial charge in [0.05, 0.1) is 17.6 Å². The van der Waals surface area contributed by atoms with Crippen LogP contribution in [0.25, 0.3) is 0 Å². The first-order valence-corrected chi connectivity index (χ1v) is 10.9. The summed E-state index contributed by atoms with van der Waals surface area (Å²) in [6, 6.07) is 17.2. The summed E-state index contributed by atoms with van der Waals surface area (Å²) in [7, 11) is 0. The monoisotopic (exact) mass is 506 g/mol. The number of hydrogen-bond acceptors (Lipinski definition) is 3. The molecule has 36 heavy (non-hydrogen) atoms. The molecule has 1 heterocycles. The molecular formula is C26H20F6N2O2. The van der Waals surface area contributed by atoms with E-state index in [4.69, 9.17) is 0 Å². The molecule has 1 fully saturated rings. The fraction of sp³-hybridized carbons (Fsp3) is 0.231. The van der Waals surface area contributed by atoms with Crippen LogP contribution in [0, 0.1) is 0 Å². The Morgan fingerprint density at radius 2 is 1.58 bits per heavy atom. The minimum atomic E-state index is -4.91. The Morgan fingerprint density at radius 3 is 2.19 bits per heavy atom. The van der Waals surface area contributed by atoms with Crippen molar-refractivity contribution in [2.45, 2.75) is 38.0 Å². The van der Waals surface area contributed by atoms with E-state index in [-0.39, 0.29) is 17.8 Å². The van der Waals surface area contributed by atoms with Crippen LogP contribution in [-0.4, -0.2) is 18.0 Å². The second kappa shape index (κ2) is 9.67. The average Bonchev–Trinajstić information content (AvgIpc) is 3.14. The maximum Gasteiger partial charge on any atom is 0.573 e. The zero-order valence-corrected chi connectivity index (χ0v) is 18.8. The molecule has 4 rings (SSSR count). The topological polar surface area (TPSA) is 41.9 Å². The van der Waals surface area contributed by atoms with E-state index < -0.39 is 41.8 Å². The number of ether oxygens (including phenoxy) is 1. The van der Waals surface area contributed by atoms with Gasteiger partial charge < -0.3 is 4.74 Å². The van der Waals surface area contributed by atoms with E-state index in [1.54, 1.807) is 6.92 Å². The molecule has 0 aliphatic carbocycles. The Labute approximate surface area is 202 Å². The molecule has 188 valence electrons. The van der Waals surface area contributed by atoms with Crippen LogP contribution in [0.3, 0.4) is 0 Å². The lowest BCUT2D eigenvalue weighted by Gasteiger charge is -2.25. The van der Waals surface area contributed by atoms with E-state index in [1.165, 1.54) is 17.0 Å². The lowest BCUT2D eigenvalue weighted by Crippen LogP contribution is -2.29. The van der Waals surface area contributed by atoms with Gasteiger partial charge in [0.15, 0.2) is 0 Å². The fourth-order valence-electron chi connectivity index (χ4n) is 4.08. The minimum absolute atomic E-state index is 0.0481. The van der Waals surface area contributed by atoms with E-state index >= 15 is 0 Å². The van der Waals surface area contributed by atoms with Crippen molar-refractivity contribution in [2.24, 2.45) is 4.99 Å². The third-order valence-corrected chi connectivity index (χ3v) is 5.74. The van der Waals surface area contributed by atoms with E-state index in [1.807, 2.05) is 30.3 Å². The molecule has 0 N–H and O–H groups in total. The Balaban J connectivity index is 1.73. The van der Waals surface area contributed by atoms with Crippen molar-refractivity contribution in [3.8, 4) is 5.75 Å². The van der Waals surface area contributed by atoms with Gasteiger partial charge in [-0.2, -0.15) is 13.2 Å². The molecule has 10 heteroatoms. The number of aliphatic imine (C=N–C) groups is 1. The van der Waals surface area contributed by atoms with E-state index in [2.05, 4.69) is 9.73 Å². The van der Waals surface area contributed by atoms with Crippen LogP contribution in [0.1, 0.15) is 42.1 Å². The molecule has 1 saturated heterocycles. The van der Waals surface area contributed by atoms with Crippen LogP contribution in [0.15, 0.2) is 83.9 Å². The van der Waals surface area contributed by atoms with Crippen molar-refractivity contribution in [1.29, 1.82) is 0 Å². The highest BCUT2D eigenvalue weighted by molar-refractivity contribution is 6.46. The van der Waals surface area contributed by atoms with Crippen molar-refractivity contribution in [1.82, 2.24) is 0 Å². The zero-order chi connectivity index (χ0) is 26.1. The van der Waals surface area contributed by atoms with Gasteiger partial charge in [0, 0.05) is 12.1 Å². The summed E-state index contributed by atoms with van der Waals surface area (Å²) in [6.45, 7) is 1.79. The molecule has 0 spiro atoms. The Bertz CT molecular complexity index is 1250. The molecule has 1 aliphatic heterocycles. The Hall–Kier alpha value is -3.82. The molecule has 1 aliphatic rings. The molecule has 4 nitrogen and oxygen atoms in total. The lowest BCUT2D eigenvalue weighted by molar-refractivity contribution is -0.274. The van der Waals surface area contributed by atoms with Gasteiger partial charge in [0.1, 0.15) is 11.5 Å². The van der Waals surface area contributed by atoms with Crippen molar-refractivity contribution < 1.29 is 35.9 Å². The molecule has 0 saturated carbocycles. The number of hydrogen-bond donors (Lipinski definition) is 0. The highest BCUT2D eigenvalue weighted by Crippen LogP contribution is 2.39. The SMILES string of the molecule is C[C@@H](N=C1C[C@H](c2cccc(OC(F)(F)F)c2)N(c2ccc(C(F)(F)F)cc2)C1=O)c1ccccc1. The number of alkyl halides is 6. The number of amides is 1. The summed E-state index contributed by atoms with van der Waals surface area (Å²) in [4.78, 5) is 19.2. The first-order chi connectivity index (χ1) is 16.9. The van der Waals surface area contributed by atoms with Gasteiger partial charge >= 0.3 is 12.5 Å². The number of halogens is 6. The summed E-state index contributed by atoms with van der Waals surface area (Å²) in [6.07, 6.45) is -9.42. The van der Waals surface area contributed by atoms with Crippen molar-refractivity contribution in [2.75, 3.05) is 4.90 Å². The largest absolute Gasteiger partial charge is 0.573 e. The molecule has 1 amide bonds. The number of benzene rings is 3. The van der Waals surface area contributed by atoms with Crippen LogP contribution in [0.2, 0.25) is 0 Å². The van der Waals surface area contributed by atoms with Crippen LogP contribution in [0.5, 0.6) is 5.75 Å². The molecule has 3 aromatic carbocycles. The molecular weight excluding hydrogens is 486 g/mol. The number of rotatable bonds is 5. The maximum absolute atomic E-state index is 13.4. The average molecular weight is 506 g/mol. The summed E-state index contributed by atoms with van der Waals surface area (Å²) < 4.78 is 81.5. The van der Waals surface area contributed by atoms with Crippen LogP contribution in [0.4, 0.5) is 32.0 Å². The summed E-state index contributed by atoms with van der Waals surface area (Å²) in [5, 5.41) is 0. The number of carbonyl (C=O) groups excluding carboxylic acids is 1. The highest BCUT2D eigenvalue weighted by atomic mass is 19.4. The molecule has 3 aromatic rings. The van der Waals surface area contributed by atoms with Gasteiger partial charge in [0.25, 0.3) is 5.91 Å². The first kappa shape index (κ1) is 25.3. The third kappa shape index (κ3) is 5.69. The van der Waals surface area contributed by atoms with Crippen molar-refractivity contribution in [3.05, 3.63) is 95.6 Å². The summed E-state index contributed by atoms with van der Waals surface area (Å²) >= 11 is 0. The number of anilines is 1. The quantitative estimate of drug-likeness (QED) is 0.341. The standard InChI is InChI=1S/C26H20F6N2O2/c1-16(17-6-3-2-4-7-17)33-22-15-23(18-8-5-9-21(14-18)36-26(30,31)32)34(24(22)35)20-12-10-19(11-13-20)25(27,28)29/h2-14,16,23H,15H2,1H3/t16-,23-/m1/s1. The van der Waals surface area contributed by atoms with Crippen LogP contribution in [-0.2, 0) is 11.0 Å². The smallest absolute Gasteiger partial charge is 0.406 e. The molecule has 0 aromatic heterocycles. The highest BCUT2D eigenvalue weighted by Gasteiger charge is 2.40. The van der Waals surface area contributed by atoms with Gasteiger partial charge in [-0.25, -0.2) is 0 Å². The van der Waals surface area contributed by atoms with E-state index in [0.717, 1.165) is 42.0 Å². The zero-order valence-electron chi connectivity index (χ0n) is 18.8. The maximum atomic E-state index is 13.4. The second-order valence-electron chi connectivity index (χ2n) is 8.22. The second-order valence-corrected chi connectivity index (χ2v) is 8.22. The van der Waals surface area contributed by atoms with E-state index in [9.17, 15) is 31.1 Å². The van der Waals surface area contributed by atoms with Crippen molar-refractivity contribution >= 4 is 17.3 Å². The van der Waals surface area contributed by atoms with Gasteiger partial charge in [-0.1, -0.05) is 42.5 Å². The normalized spacial score (nSPS) is 18.5. The van der Waals surface area contributed by atoms with Crippen LogP contribution >= 0.6 is 0 Å². The molecule has 0 bridgehead atoms. The number of nitrogens with zero attached hydrogens (tertiary/aromatic N) is 2. The Kier molecular flexibility index (Phi) is 6.79. The van der Waals surface area contributed by atoms with Gasteiger partial charge in [-0.15, -0.1) is 13.2 Å². The van der Waals surface area contributed by atoms with Gasteiger partial charge in [0.2, 0.25) is 0 Å². The predicted molar refractivity (Wildman–Crippen MR) is 122 cm³/mol. The van der Waals surface area contributed by atoms with E-state index in [0.29, 0.717) is 5.56 Å². The summed E-state index contributed by atoms with van der Waals surface area (Å²) in [5.74, 6) is -1.01. The fourth-order valence-corrected chi connectivity index (χ4v) is 4.08. The lowest BCUT2D eigenvalue weighted by atomic mass is 10.0. The molecule has 2 atom stereocenters. The van der Waals surface area contributed by atoms with Crippen LogP contribution < -0.4 is 9.64 Å². The minimum Gasteiger partial charge on any atom is -0.406 e.